The predicted octanol–water partition coefficient (Wildman–Crippen LogP) is 4.00. The van der Waals surface area contributed by atoms with Gasteiger partial charge in [-0.25, -0.2) is 14.6 Å². The summed E-state index contributed by atoms with van der Waals surface area (Å²) >= 11 is 0. The van der Waals surface area contributed by atoms with Crippen molar-refractivity contribution in [3.8, 4) is 28.7 Å². The molecule has 0 unspecified atom stereocenters. The maximum atomic E-state index is 9.49. The standard InChI is InChI=1S/C24H24N8O2/c1-16(2)33-22-7-5-4-6-21(22)29-24-26-12-20(13-27-24)18-8-9-19(11-25)23(10-18)34-17(3)14-32-15-28-30-31-32/h4-10,12-13,15-17H,14H2,1-3H3,(H,26,27,29)/t17-/m0/s1. The molecule has 1 atom stereocenters. The van der Waals surface area contributed by atoms with E-state index in [1.165, 1.54) is 6.33 Å². The van der Waals surface area contributed by atoms with Gasteiger partial charge in [-0.15, -0.1) is 5.10 Å². The Bertz CT molecular complexity index is 1270. The summed E-state index contributed by atoms with van der Waals surface area (Å²) in [5.74, 6) is 1.65. The first-order valence-electron chi connectivity index (χ1n) is 10.8. The van der Waals surface area contributed by atoms with Crippen LogP contribution in [0.3, 0.4) is 0 Å². The topological polar surface area (TPSA) is 124 Å². The molecule has 0 bridgehead atoms. The Kier molecular flexibility index (Phi) is 6.93. The molecule has 2 aromatic heterocycles. The lowest BCUT2D eigenvalue weighted by Crippen LogP contribution is -2.20. The second kappa shape index (κ2) is 10.4. The first-order valence-corrected chi connectivity index (χ1v) is 10.8. The fourth-order valence-electron chi connectivity index (χ4n) is 3.26. The number of anilines is 2. The highest BCUT2D eigenvalue weighted by molar-refractivity contribution is 5.67. The minimum absolute atomic E-state index is 0.0506. The van der Waals surface area contributed by atoms with E-state index in [1.54, 1.807) is 23.1 Å². The summed E-state index contributed by atoms with van der Waals surface area (Å²) in [7, 11) is 0. The zero-order valence-electron chi connectivity index (χ0n) is 19.1. The molecular weight excluding hydrogens is 432 g/mol. The van der Waals surface area contributed by atoms with E-state index in [-0.39, 0.29) is 12.2 Å². The van der Waals surface area contributed by atoms with Crippen LogP contribution in [0.2, 0.25) is 0 Å². The molecule has 0 saturated carbocycles. The highest BCUT2D eigenvalue weighted by Gasteiger charge is 2.13. The molecule has 34 heavy (non-hydrogen) atoms. The van der Waals surface area contributed by atoms with Crippen LogP contribution in [-0.2, 0) is 6.54 Å². The number of nitrogens with zero attached hydrogens (tertiary/aromatic N) is 7. The SMILES string of the molecule is CC(C)Oc1ccccc1Nc1ncc(-c2ccc(C#N)c(O[C@@H](C)Cn3cnnn3)c2)cn1. The Hall–Kier alpha value is -4.52. The van der Waals surface area contributed by atoms with Crippen molar-refractivity contribution in [2.75, 3.05) is 5.32 Å². The minimum atomic E-state index is -0.248. The average molecular weight is 457 g/mol. The third-order valence-corrected chi connectivity index (χ3v) is 4.75. The van der Waals surface area contributed by atoms with Crippen LogP contribution in [0.15, 0.2) is 61.2 Å². The molecule has 0 saturated heterocycles. The molecule has 0 aliphatic rings. The fraction of sp³-hybridized carbons (Fsp3) is 0.250. The lowest BCUT2D eigenvalue weighted by molar-refractivity contribution is 0.192. The molecule has 2 heterocycles. The van der Waals surface area contributed by atoms with Crippen LogP contribution in [-0.4, -0.2) is 42.4 Å². The minimum Gasteiger partial charge on any atom is -0.489 e. The number of hydrogen-bond donors (Lipinski definition) is 1. The molecule has 10 nitrogen and oxygen atoms in total. The third-order valence-electron chi connectivity index (χ3n) is 4.75. The Balaban J connectivity index is 1.50. The summed E-state index contributed by atoms with van der Waals surface area (Å²) in [4.78, 5) is 8.89. The molecule has 2 aromatic carbocycles. The Labute approximate surface area is 197 Å². The highest BCUT2D eigenvalue weighted by atomic mass is 16.5. The van der Waals surface area contributed by atoms with Gasteiger partial charge in [0.1, 0.15) is 30.0 Å². The molecule has 4 rings (SSSR count). The van der Waals surface area contributed by atoms with E-state index in [2.05, 4.69) is 36.9 Å². The summed E-state index contributed by atoms with van der Waals surface area (Å²) in [6.45, 7) is 6.29. The van der Waals surface area contributed by atoms with E-state index >= 15 is 0 Å². The number of tetrazole rings is 1. The quantitative estimate of drug-likeness (QED) is 0.398. The van der Waals surface area contributed by atoms with Gasteiger partial charge in [-0.2, -0.15) is 5.26 Å². The highest BCUT2D eigenvalue weighted by Crippen LogP contribution is 2.29. The van der Waals surface area contributed by atoms with Gasteiger partial charge in [0.25, 0.3) is 0 Å². The van der Waals surface area contributed by atoms with Crippen LogP contribution in [0, 0.1) is 11.3 Å². The van der Waals surface area contributed by atoms with Gasteiger partial charge in [0, 0.05) is 18.0 Å². The summed E-state index contributed by atoms with van der Waals surface area (Å²) < 4.78 is 13.4. The van der Waals surface area contributed by atoms with E-state index in [1.807, 2.05) is 57.2 Å². The Morgan fingerprint density at radius 1 is 1.00 bits per heavy atom. The van der Waals surface area contributed by atoms with Crippen LogP contribution in [0.4, 0.5) is 11.6 Å². The summed E-state index contributed by atoms with van der Waals surface area (Å²) in [5.41, 5.74) is 2.85. The third kappa shape index (κ3) is 5.63. The lowest BCUT2D eigenvalue weighted by atomic mass is 10.1. The fourth-order valence-corrected chi connectivity index (χ4v) is 3.26. The smallest absolute Gasteiger partial charge is 0.227 e. The van der Waals surface area contributed by atoms with Crippen LogP contribution in [0.5, 0.6) is 11.5 Å². The van der Waals surface area contributed by atoms with Gasteiger partial charge in [-0.3, -0.25) is 0 Å². The number of nitriles is 1. The average Bonchev–Trinajstić information content (AvgIpc) is 3.33. The van der Waals surface area contributed by atoms with Crippen molar-refractivity contribution in [1.82, 2.24) is 30.2 Å². The molecule has 172 valence electrons. The van der Waals surface area contributed by atoms with Gasteiger partial charge in [0.15, 0.2) is 0 Å². The van der Waals surface area contributed by atoms with E-state index in [0.717, 1.165) is 22.6 Å². The molecule has 0 fully saturated rings. The van der Waals surface area contributed by atoms with Gasteiger partial charge in [0.2, 0.25) is 5.95 Å². The van der Waals surface area contributed by atoms with E-state index in [4.69, 9.17) is 9.47 Å². The monoisotopic (exact) mass is 456 g/mol. The Morgan fingerprint density at radius 2 is 1.79 bits per heavy atom. The number of rotatable bonds is 9. The summed E-state index contributed by atoms with van der Waals surface area (Å²) in [5, 5.41) is 23.8. The molecule has 10 heteroatoms. The molecule has 0 spiro atoms. The molecule has 4 aromatic rings. The van der Waals surface area contributed by atoms with E-state index in [9.17, 15) is 5.26 Å². The molecular formula is C24H24N8O2. The van der Waals surface area contributed by atoms with Crippen molar-refractivity contribution in [3.63, 3.8) is 0 Å². The molecule has 0 amide bonds. The van der Waals surface area contributed by atoms with Crippen molar-refractivity contribution in [1.29, 1.82) is 5.26 Å². The van der Waals surface area contributed by atoms with Crippen molar-refractivity contribution in [2.45, 2.75) is 39.5 Å². The Morgan fingerprint density at radius 3 is 2.50 bits per heavy atom. The van der Waals surface area contributed by atoms with Crippen LogP contribution in [0.1, 0.15) is 26.3 Å². The van der Waals surface area contributed by atoms with Crippen molar-refractivity contribution >= 4 is 11.6 Å². The van der Waals surface area contributed by atoms with Crippen LogP contribution < -0.4 is 14.8 Å². The largest absolute Gasteiger partial charge is 0.489 e. The number of aromatic nitrogens is 6. The first kappa shape index (κ1) is 22.7. The van der Waals surface area contributed by atoms with Crippen LogP contribution in [0.25, 0.3) is 11.1 Å². The number of nitrogens with one attached hydrogen (secondary N) is 1. The van der Waals surface area contributed by atoms with E-state index < -0.39 is 0 Å². The van der Waals surface area contributed by atoms with Gasteiger partial charge in [0.05, 0.1) is 23.9 Å². The lowest BCUT2D eigenvalue weighted by Gasteiger charge is -2.16. The van der Waals surface area contributed by atoms with Gasteiger partial charge in [-0.1, -0.05) is 18.2 Å². The zero-order valence-corrected chi connectivity index (χ0v) is 19.1. The molecule has 0 aliphatic heterocycles. The second-order valence-electron chi connectivity index (χ2n) is 7.87. The first-order chi connectivity index (χ1) is 16.5. The normalized spacial score (nSPS) is 11.6. The van der Waals surface area contributed by atoms with Gasteiger partial charge in [-0.05, 0) is 61.0 Å². The second-order valence-corrected chi connectivity index (χ2v) is 7.87. The number of hydrogen-bond acceptors (Lipinski definition) is 9. The number of para-hydroxylation sites is 2. The number of benzene rings is 2. The molecule has 0 aliphatic carbocycles. The van der Waals surface area contributed by atoms with Crippen LogP contribution >= 0.6 is 0 Å². The zero-order chi connectivity index (χ0) is 23.9. The van der Waals surface area contributed by atoms with Gasteiger partial charge >= 0.3 is 0 Å². The summed E-state index contributed by atoms with van der Waals surface area (Å²) in [6, 6.07) is 15.2. The number of ether oxygens (including phenoxy) is 2. The van der Waals surface area contributed by atoms with Crippen molar-refractivity contribution in [3.05, 3.63) is 66.7 Å². The molecule has 1 N–H and O–H groups in total. The van der Waals surface area contributed by atoms with Crippen molar-refractivity contribution < 1.29 is 9.47 Å². The summed E-state index contributed by atoms with van der Waals surface area (Å²) in [6.07, 6.45) is 4.76. The molecule has 0 radical (unpaired) electrons. The van der Waals surface area contributed by atoms with E-state index in [0.29, 0.717) is 23.8 Å². The van der Waals surface area contributed by atoms with Gasteiger partial charge < -0.3 is 14.8 Å². The maximum absolute atomic E-state index is 9.49. The predicted molar refractivity (Wildman–Crippen MR) is 126 cm³/mol. The maximum Gasteiger partial charge on any atom is 0.227 e. The van der Waals surface area contributed by atoms with Crippen molar-refractivity contribution in [2.24, 2.45) is 0 Å².